The minimum Gasteiger partial charge on any atom is -0.245 e. The summed E-state index contributed by atoms with van der Waals surface area (Å²) >= 11 is 0. The summed E-state index contributed by atoms with van der Waals surface area (Å²) in [6.07, 6.45) is 13.5. The maximum atomic E-state index is 13.2. The third-order valence-corrected chi connectivity index (χ3v) is 7.05. The number of rotatable bonds is 1. The molecule has 1 aromatic heterocycles. The molecule has 2 aromatic rings. The molecular weight excluding hydrogens is 314 g/mol. The fraction of sp³-hybridized carbons (Fsp3) is 0.400. The second kappa shape index (κ2) is 4.15. The molecule has 1 aromatic carbocycles. The number of aromatic nitrogens is 3. The molecule has 7 rings (SSSR count). The highest BCUT2D eigenvalue weighted by Gasteiger charge is 2.67. The summed E-state index contributed by atoms with van der Waals surface area (Å²) < 4.78 is 4.79. The molecule has 0 amide bonds. The van der Waals surface area contributed by atoms with Crippen molar-refractivity contribution in [2.45, 2.75) is 37.8 Å². The van der Waals surface area contributed by atoms with Crippen LogP contribution in [-0.4, -0.2) is 13.9 Å². The van der Waals surface area contributed by atoms with E-state index in [0.717, 1.165) is 12.8 Å². The summed E-state index contributed by atoms with van der Waals surface area (Å²) in [5.41, 5.74) is 0.242. The number of hydrogen-bond acceptors (Lipinski definition) is 2. The van der Waals surface area contributed by atoms with Gasteiger partial charge in [0.25, 0.3) is 0 Å². The highest BCUT2D eigenvalue weighted by molar-refractivity contribution is 5.41. The van der Waals surface area contributed by atoms with Crippen LogP contribution in [0.25, 0.3) is 5.69 Å². The Morgan fingerprint density at radius 1 is 0.800 bits per heavy atom. The second-order valence-corrected chi connectivity index (χ2v) is 7.82. The lowest BCUT2D eigenvalue weighted by Gasteiger charge is -2.67. The predicted molar refractivity (Wildman–Crippen MR) is 94.0 cm³/mol. The summed E-state index contributed by atoms with van der Waals surface area (Å²) in [6, 6.07) is 9.16. The van der Waals surface area contributed by atoms with Crippen molar-refractivity contribution in [1.29, 1.82) is 0 Å². The summed E-state index contributed by atoms with van der Waals surface area (Å²) in [5, 5.41) is 0. The van der Waals surface area contributed by atoms with E-state index in [0.29, 0.717) is 5.69 Å². The van der Waals surface area contributed by atoms with Crippen LogP contribution in [0.4, 0.5) is 0 Å². The Kier molecular flexibility index (Phi) is 2.28. The van der Waals surface area contributed by atoms with Gasteiger partial charge in [0.2, 0.25) is 0 Å². The van der Waals surface area contributed by atoms with Gasteiger partial charge in [-0.1, -0.05) is 55.3 Å². The van der Waals surface area contributed by atoms with Crippen molar-refractivity contribution >= 4 is 0 Å². The summed E-state index contributed by atoms with van der Waals surface area (Å²) in [6.45, 7) is 0. The molecule has 5 aliphatic rings. The zero-order valence-corrected chi connectivity index (χ0v) is 13.8. The van der Waals surface area contributed by atoms with E-state index in [-0.39, 0.29) is 34.3 Å². The Hall–Kier alpha value is -2.56. The van der Waals surface area contributed by atoms with E-state index < -0.39 is 0 Å². The molecule has 5 heteroatoms. The van der Waals surface area contributed by atoms with E-state index >= 15 is 0 Å². The fourth-order valence-corrected chi connectivity index (χ4v) is 5.95. The molecule has 1 saturated carbocycles. The van der Waals surface area contributed by atoms with Crippen LogP contribution in [0.2, 0.25) is 0 Å². The summed E-state index contributed by atoms with van der Waals surface area (Å²) in [4.78, 5) is 26.4. The van der Waals surface area contributed by atoms with E-state index in [1.807, 2.05) is 30.3 Å². The second-order valence-electron chi connectivity index (χ2n) is 7.82. The van der Waals surface area contributed by atoms with Crippen molar-refractivity contribution in [3.8, 4) is 5.69 Å². The number of para-hydroxylation sites is 1. The first-order chi connectivity index (χ1) is 12.2. The molecule has 3 heterocycles. The van der Waals surface area contributed by atoms with Crippen LogP contribution in [0.3, 0.4) is 0 Å². The fourth-order valence-electron chi connectivity index (χ4n) is 5.95. The lowest BCUT2D eigenvalue weighted by molar-refractivity contribution is -0.0812. The average Bonchev–Trinajstić information content (AvgIpc) is 2.90. The summed E-state index contributed by atoms with van der Waals surface area (Å²) in [7, 11) is 0. The van der Waals surface area contributed by atoms with Gasteiger partial charge in [0, 0.05) is 10.8 Å². The Morgan fingerprint density at radius 3 is 1.80 bits per heavy atom. The Bertz CT molecular complexity index is 1010. The van der Waals surface area contributed by atoms with Gasteiger partial charge < -0.3 is 0 Å². The lowest BCUT2D eigenvalue weighted by atomic mass is 9.42. The highest BCUT2D eigenvalue weighted by atomic mass is 16.2. The smallest absolute Gasteiger partial charge is 0.245 e. The maximum absolute atomic E-state index is 13.2. The normalized spacial score (nSPS) is 36.5. The number of benzene rings is 1. The molecule has 0 saturated heterocycles. The van der Waals surface area contributed by atoms with Crippen molar-refractivity contribution in [2.75, 3.05) is 0 Å². The zero-order chi connectivity index (χ0) is 16.8. The van der Waals surface area contributed by atoms with Gasteiger partial charge in [-0.15, -0.1) is 0 Å². The molecule has 2 bridgehead atoms. The van der Waals surface area contributed by atoms with E-state index in [2.05, 4.69) is 24.3 Å². The van der Waals surface area contributed by atoms with Gasteiger partial charge >= 0.3 is 11.4 Å². The minimum atomic E-state index is -0.218. The zero-order valence-electron chi connectivity index (χ0n) is 13.8. The first-order valence-corrected chi connectivity index (χ1v) is 9.10. The van der Waals surface area contributed by atoms with Gasteiger partial charge in [-0.05, 0) is 25.0 Å². The number of allylic oxidation sites excluding steroid dienone is 4. The van der Waals surface area contributed by atoms with Gasteiger partial charge in [0.1, 0.15) is 0 Å². The van der Waals surface area contributed by atoms with Gasteiger partial charge in [-0.2, -0.15) is 0 Å². The first-order valence-electron chi connectivity index (χ1n) is 9.10. The SMILES string of the molecule is O=c1n(-c2ccccc2)c(=O)n2n1[C@H]1C=C[C@@H]2[C@]23C=C[C@]12CCCC3. The lowest BCUT2D eigenvalue weighted by Crippen LogP contribution is -2.65. The van der Waals surface area contributed by atoms with Crippen molar-refractivity contribution < 1.29 is 0 Å². The molecule has 0 N–H and O–H groups in total. The Labute approximate surface area is 144 Å². The summed E-state index contributed by atoms with van der Waals surface area (Å²) in [5.74, 6) is 0. The quantitative estimate of drug-likeness (QED) is 0.753. The van der Waals surface area contributed by atoms with Crippen LogP contribution in [0.5, 0.6) is 0 Å². The van der Waals surface area contributed by atoms with Gasteiger partial charge in [0.05, 0.1) is 17.8 Å². The maximum Gasteiger partial charge on any atom is 0.352 e. The largest absolute Gasteiger partial charge is 0.352 e. The van der Waals surface area contributed by atoms with Gasteiger partial charge in [0.15, 0.2) is 0 Å². The van der Waals surface area contributed by atoms with Crippen molar-refractivity contribution in [1.82, 2.24) is 13.9 Å². The van der Waals surface area contributed by atoms with Gasteiger partial charge in [-0.3, -0.25) is 0 Å². The molecule has 0 spiro atoms. The third-order valence-electron chi connectivity index (χ3n) is 7.05. The first kappa shape index (κ1) is 13.7. The standard InChI is InChI=1S/C20H19N3O2/c24-17-21(14-6-2-1-3-7-14)18(25)23-16-9-8-15(22(17)23)19-10-4-5-11-20(16,19)13-12-19/h1-3,6-9,12-13,15-16H,4-5,10-11H2/t15-,16+,19+,20-. The average molecular weight is 333 g/mol. The highest BCUT2D eigenvalue weighted by Crippen LogP contribution is 2.72. The van der Waals surface area contributed by atoms with E-state index in [4.69, 9.17) is 0 Å². The van der Waals surface area contributed by atoms with Gasteiger partial charge in [-0.25, -0.2) is 23.5 Å². The molecule has 5 nitrogen and oxygen atoms in total. The van der Waals surface area contributed by atoms with Crippen LogP contribution in [0, 0.1) is 10.8 Å². The Balaban J connectivity index is 1.67. The molecule has 126 valence electrons. The Morgan fingerprint density at radius 2 is 1.32 bits per heavy atom. The van der Waals surface area contributed by atoms with Crippen LogP contribution in [-0.2, 0) is 0 Å². The van der Waals surface area contributed by atoms with Crippen molar-refractivity contribution in [3.63, 3.8) is 0 Å². The topological polar surface area (TPSA) is 48.9 Å². The monoisotopic (exact) mass is 333 g/mol. The van der Waals surface area contributed by atoms with Crippen molar-refractivity contribution in [2.24, 2.45) is 10.8 Å². The molecule has 0 radical (unpaired) electrons. The van der Waals surface area contributed by atoms with Crippen molar-refractivity contribution in [3.05, 3.63) is 75.6 Å². The van der Waals surface area contributed by atoms with Crippen LogP contribution in [0.15, 0.2) is 64.2 Å². The van der Waals surface area contributed by atoms with Crippen LogP contribution >= 0.6 is 0 Å². The van der Waals surface area contributed by atoms with E-state index in [9.17, 15) is 9.59 Å². The minimum absolute atomic E-state index is 0.0177. The molecule has 2 aliphatic heterocycles. The number of nitrogens with zero attached hydrogens (tertiary/aromatic N) is 3. The third kappa shape index (κ3) is 1.28. The molecule has 3 aliphatic carbocycles. The molecule has 0 unspecified atom stereocenters. The van der Waals surface area contributed by atoms with E-state index in [1.54, 1.807) is 9.36 Å². The molecule has 1 fully saturated rings. The van der Waals surface area contributed by atoms with E-state index in [1.165, 1.54) is 17.4 Å². The molecular formula is C20H19N3O2. The van der Waals surface area contributed by atoms with Crippen LogP contribution in [0.1, 0.15) is 37.8 Å². The molecule has 4 atom stereocenters. The predicted octanol–water partition coefficient (Wildman–Crippen LogP) is 2.58. The number of hydrogen-bond donors (Lipinski definition) is 0. The van der Waals surface area contributed by atoms with Crippen LogP contribution < -0.4 is 11.4 Å². The molecule has 25 heavy (non-hydrogen) atoms.